The molecule has 1 aliphatic carbocycles. The van der Waals surface area contributed by atoms with Gasteiger partial charge in [0.2, 0.25) is 0 Å². The second kappa shape index (κ2) is 8.26. The molecule has 1 heterocycles. The lowest BCUT2D eigenvalue weighted by Crippen LogP contribution is -2.33. The average molecular weight is 267 g/mol. The Morgan fingerprint density at radius 3 is 2.63 bits per heavy atom. The van der Waals surface area contributed by atoms with Gasteiger partial charge in [-0.15, -0.1) is 0 Å². The van der Waals surface area contributed by atoms with Crippen molar-refractivity contribution in [2.75, 3.05) is 19.7 Å². The molecule has 112 valence electrons. The molecule has 19 heavy (non-hydrogen) atoms. The van der Waals surface area contributed by atoms with E-state index >= 15 is 0 Å². The van der Waals surface area contributed by atoms with E-state index in [4.69, 9.17) is 4.74 Å². The number of hydrogen-bond donors (Lipinski definition) is 1. The zero-order valence-corrected chi connectivity index (χ0v) is 13.0. The summed E-state index contributed by atoms with van der Waals surface area (Å²) in [5, 5.41) is 3.58. The quantitative estimate of drug-likeness (QED) is 0.753. The summed E-state index contributed by atoms with van der Waals surface area (Å²) >= 11 is 0. The van der Waals surface area contributed by atoms with E-state index < -0.39 is 0 Å². The molecular formula is C17H33NO. The normalized spacial score (nSPS) is 35.7. The second-order valence-corrected chi connectivity index (χ2v) is 6.63. The summed E-state index contributed by atoms with van der Waals surface area (Å²) in [6, 6.07) is 0. The molecule has 4 unspecified atom stereocenters. The van der Waals surface area contributed by atoms with Crippen molar-refractivity contribution in [2.45, 2.75) is 71.3 Å². The molecule has 0 aromatic rings. The molecule has 2 nitrogen and oxygen atoms in total. The van der Waals surface area contributed by atoms with Gasteiger partial charge < -0.3 is 10.1 Å². The van der Waals surface area contributed by atoms with Crippen molar-refractivity contribution in [3.63, 3.8) is 0 Å². The van der Waals surface area contributed by atoms with Gasteiger partial charge >= 0.3 is 0 Å². The molecule has 2 fully saturated rings. The van der Waals surface area contributed by atoms with Crippen molar-refractivity contribution < 1.29 is 4.74 Å². The molecular weight excluding hydrogens is 234 g/mol. The molecule has 2 aliphatic rings. The third kappa shape index (κ3) is 4.75. The fourth-order valence-corrected chi connectivity index (χ4v) is 4.02. The van der Waals surface area contributed by atoms with Gasteiger partial charge in [-0.1, -0.05) is 26.7 Å². The predicted molar refractivity (Wildman–Crippen MR) is 81.4 cm³/mol. The molecule has 1 aliphatic heterocycles. The zero-order chi connectivity index (χ0) is 13.5. The lowest BCUT2D eigenvalue weighted by atomic mass is 9.71. The fourth-order valence-electron chi connectivity index (χ4n) is 4.02. The molecule has 0 spiro atoms. The first-order valence-electron chi connectivity index (χ1n) is 8.65. The van der Waals surface area contributed by atoms with Crippen LogP contribution >= 0.6 is 0 Å². The Hall–Kier alpha value is -0.0800. The second-order valence-electron chi connectivity index (χ2n) is 6.63. The SMILES string of the molecule is CCNCC1CCC(CC)CC1CCC1CCCO1. The predicted octanol–water partition coefficient (Wildman–Crippen LogP) is 4.00. The topological polar surface area (TPSA) is 21.3 Å². The fraction of sp³-hybridized carbons (Fsp3) is 1.00. The highest BCUT2D eigenvalue weighted by molar-refractivity contribution is 4.82. The number of rotatable bonds is 7. The molecule has 1 N–H and O–H groups in total. The standard InChI is InChI=1S/C17H33NO/c1-3-14-7-8-16(13-18-4-2)15(12-14)9-10-17-6-5-11-19-17/h14-18H,3-13H2,1-2H3. The molecule has 0 bridgehead atoms. The molecule has 0 aromatic carbocycles. The van der Waals surface area contributed by atoms with Crippen LogP contribution in [-0.2, 0) is 4.74 Å². The van der Waals surface area contributed by atoms with Crippen LogP contribution in [0.15, 0.2) is 0 Å². The lowest BCUT2D eigenvalue weighted by Gasteiger charge is -2.36. The van der Waals surface area contributed by atoms with Gasteiger partial charge in [0.25, 0.3) is 0 Å². The highest BCUT2D eigenvalue weighted by Gasteiger charge is 2.30. The van der Waals surface area contributed by atoms with E-state index in [1.165, 1.54) is 57.9 Å². The van der Waals surface area contributed by atoms with Gasteiger partial charge in [-0.05, 0) is 69.4 Å². The summed E-state index contributed by atoms with van der Waals surface area (Å²) in [7, 11) is 0. The minimum atomic E-state index is 0.585. The van der Waals surface area contributed by atoms with Crippen molar-refractivity contribution in [3.8, 4) is 0 Å². The maximum Gasteiger partial charge on any atom is 0.0576 e. The van der Waals surface area contributed by atoms with Gasteiger partial charge in [0.05, 0.1) is 6.10 Å². The van der Waals surface area contributed by atoms with Crippen LogP contribution in [0.3, 0.4) is 0 Å². The highest BCUT2D eigenvalue weighted by atomic mass is 16.5. The van der Waals surface area contributed by atoms with E-state index in [0.717, 1.165) is 30.9 Å². The molecule has 0 amide bonds. The van der Waals surface area contributed by atoms with Crippen molar-refractivity contribution >= 4 is 0 Å². The van der Waals surface area contributed by atoms with Crippen molar-refractivity contribution in [1.82, 2.24) is 5.32 Å². The Labute approximate surface area is 119 Å². The molecule has 2 rings (SSSR count). The van der Waals surface area contributed by atoms with Gasteiger partial charge in [-0.25, -0.2) is 0 Å². The van der Waals surface area contributed by atoms with Crippen LogP contribution in [0, 0.1) is 17.8 Å². The van der Waals surface area contributed by atoms with Gasteiger partial charge in [0.1, 0.15) is 0 Å². The monoisotopic (exact) mass is 267 g/mol. The maximum atomic E-state index is 5.80. The van der Waals surface area contributed by atoms with E-state index in [1.54, 1.807) is 0 Å². The zero-order valence-electron chi connectivity index (χ0n) is 13.0. The molecule has 0 aromatic heterocycles. The lowest BCUT2D eigenvalue weighted by molar-refractivity contribution is 0.0839. The van der Waals surface area contributed by atoms with Gasteiger partial charge in [0, 0.05) is 6.61 Å². The molecule has 1 saturated carbocycles. The van der Waals surface area contributed by atoms with E-state index in [-0.39, 0.29) is 0 Å². The van der Waals surface area contributed by atoms with Gasteiger partial charge in [-0.2, -0.15) is 0 Å². The molecule has 4 atom stereocenters. The summed E-state index contributed by atoms with van der Waals surface area (Å²) in [5.74, 6) is 2.86. The van der Waals surface area contributed by atoms with Crippen LogP contribution in [0.2, 0.25) is 0 Å². The number of ether oxygens (including phenoxy) is 1. The van der Waals surface area contributed by atoms with Crippen LogP contribution in [0.5, 0.6) is 0 Å². The van der Waals surface area contributed by atoms with E-state index in [0.29, 0.717) is 6.10 Å². The Kier molecular flexibility index (Phi) is 6.66. The highest BCUT2D eigenvalue weighted by Crippen LogP contribution is 2.38. The van der Waals surface area contributed by atoms with E-state index in [9.17, 15) is 0 Å². The maximum absolute atomic E-state index is 5.80. The number of hydrogen-bond acceptors (Lipinski definition) is 2. The van der Waals surface area contributed by atoms with Crippen molar-refractivity contribution in [2.24, 2.45) is 17.8 Å². The number of nitrogens with one attached hydrogen (secondary N) is 1. The van der Waals surface area contributed by atoms with Crippen LogP contribution < -0.4 is 5.32 Å². The third-order valence-corrected chi connectivity index (χ3v) is 5.37. The Bertz CT molecular complexity index is 237. The summed E-state index contributed by atoms with van der Waals surface area (Å²) in [6.07, 6.45) is 11.6. The minimum Gasteiger partial charge on any atom is -0.378 e. The minimum absolute atomic E-state index is 0.585. The Morgan fingerprint density at radius 2 is 1.95 bits per heavy atom. The van der Waals surface area contributed by atoms with Gasteiger partial charge in [-0.3, -0.25) is 0 Å². The first-order chi connectivity index (χ1) is 9.33. The van der Waals surface area contributed by atoms with Crippen LogP contribution in [-0.4, -0.2) is 25.8 Å². The summed E-state index contributed by atoms with van der Waals surface area (Å²) in [4.78, 5) is 0. The smallest absolute Gasteiger partial charge is 0.0576 e. The van der Waals surface area contributed by atoms with Crippen molar-refractivity contribution in [3.05, 3.63) is 0 Å². The van der Waals surface area contributed by atoms with Crippen LogP contribution in [0.25, 0.3) is 0 Å². The first kappa shape index (κ1) is 15.3. The summed E-state index contributed by atoms with van der Waals surface area (Å²) < 4.78 is 5.80. The van der Waals surface area contributed by atoms with Gasteiger partial charge in [0.15, 0.2) is 0 Å². The van der Waals surface area contributed by atoms with Crippen molar-refractivity contribution in [1.29, 1.82) is 0 Å². The largest absolute Gasteiger partial charge is 0.378 e. The summed E-state index contributed by atoms with van der Waals surface area (Å²) in [6.45, 7) is 7.95. The molecule has 0 radical (unpaired) electrons. The van der Waals surface area contributed by atoms with E-state index in [1.807, 2.05) is 0 Å². The summed E-state index contributed by atoms with van der Waals surface area (Å²) in [5.41, 5.74) is 0. The average Bonchev–Trinajstić information content (AvgIpc) is 2.96. The Balaban J connectivity index is 1.79. The molecule has 1 saturated heterocycles. The van der Waals surface area contributed by atoms with Crippen LogP contribution in [0.4, 0.5) is 0 Å². The van der Waals surface area contributed by atoms with E-state index in [2.05, 4.69) is 19.2 Å². The first-order valence-corrected chi connectivity index (χ1v) is 8.65. The Morgan fingerprint density at radius 1 is 1.05 bits per heavy atom. The third-order valence-electron chi connectivity index (χ3n) is 5.37. The van der Waals surface area contributed by atoms with Crippen LogP contribution in [0.1, 0.15) is 65.2 Å². The molecule has 2 heteroatoms.